The van der Waals surface area contributed by atoms with Gasteiger partial charge in [0.05, 0.1) is 12.3 Å². The normalized spacial score (nSPS) is 10.0. The first kappa shape index (κ1) is 11.4. The molecule has 0 saturated carbocycles. The molecule has 1 aromatic carbocycles. The molecule has 0 spiro atoms. The van der Waals surface area contributed by atoms with Crippen LogP contribution in [0, 0.1) is 0 Å². The predicted octanol–water partition coefficient (Wildman–Crippen LogP) is 2.58. The van der Waals surface area contributed by atoms with Crippen LogP contribution in [0.5, 0.6) is 5.75 Å². The minimum absolute atomic E-state index is 0.677. The molecule has 0 amide bonds. The van der Waals surface area contributed by atoms with E-state index in [0.29, 0.717) is 6.61 Å². The second-order valence-electron chi connectivity index (χ2n) is 3.50. The third kappa shape index (κ3) is 2.72. The van der Waals surface area contributed by atoms with Crippen molar-refractivity contribution in [1.29, 1.82) is 0 Å². The molecule has 4 nitrogen and oxygen atoms in total. The van der Waals surface area contributed by atoms with Crippen LogP contribution in [0.1, 0.15) is 6.92 Å². The molecule has 0 aliphatic rings. The van der Waals surface area contributed by atoms with Gasteiger partial charge in [-0.05, 0) is 31.2 Å². The first-order valence-corrected chi connectivity index (χ1v) is 5.56. The van der Waals surface area contributed by atoms with Gasteiger partial charge in [0.15, 0.2) is 0 Å². The van der Waals surface area contributed by atoms with Gasteiger partial charge in [0.25, 0.3) is 0 Å². The zero-order chi connectivity index (χ0) is 12.1. The maximum Gasteiger partial charge on any atom is 0.129 e. The molecule has 0 saturated heterocycles. The molecular formula is C13H15N3O. The number of ether oxygens (including phenoxy) is 1. The van der Waals surface area contributed by atoms with Crippen LogP contribution in [0.4, 0.5) is 5.82 Å². The third-order valence-electron chi connectivity index (χ3n) is 2.38. The van der Waals surface area contributed by atoms with Crippen LogP contribution < -0.4 is 10.1 Å². The molecule has 2 aromatic rings. The Morgan fingerprint density at radius 1 is 1.18 bits per heavy atom. The van der Waals surface area contributed by atoms with Crippen LogP contribution in [-0.2, 0) is 0 Å². The average Bonchev–Trinajstić information content (AvgIpc) is 2.40. The summed E-state index contributed by atoms with van der Waals surface area (Å²) in [6.07, 6.45) is 1.55. The van der Waals surface area contributed by atoms with E-state index in [0.717, 1.165) is 22.8 Å². The van der Waals surface area contributed by atoms with Gasteiger partial charge in [0, 0.05) is 18.7 Å². The largest absolute Gasteiger partial charge is 0.494 e. The molecule has 0 bridgehead atoms. The fourth-order valence-electron chi connectivity index (χ4n) is 1.54. The maximum atomic E-state index is 5.40. The Kier molecular flexibility index (Phi) is 3.55. The van der Waals surface area contributed by atoms with Crippen molar-refractivity contribution in [3.63, 3.8) is 0 Å². The highest BCUT2D eigenvalue weighted by Gasteiger charge is 2.01. The van der Waals surface area contributed by atoms with E-state index < -0.39 is 0 Å². The summed E-state index contributed by atoms with van der Waals surface area (Å²) >= 11 is 0. The van der Waals surface area contributed by atoms with Crippen molar-refractivity contribution in [2.75, 3.05) is 19.0 Å². The lowest BCUT2D eigenvalue weighted by Crippen LogP contribution is -1.94. The van der Waals surface area contributed by atoms with Crippen molar-refractivity contribution in [1.82, 2.24) is 9.97 Å². The van der Waals surface area contributed by atoms with Gasteiger partial charge in [-0.2, -0.15) is 0 Å². The molecule has 0 aliphatic heterocycles. The smallest absolute Gasteiger partial charge is 0.129 e. The van der Waals surface area contributed by atoms with Gasteiger partial charge in [0.2, 0.25) is 0 Å². The van der Waals surface area contributed by atoms with E-state index in [9.17, 15) is 0 Å². The van der Waals surface area contributed by atoms with Gasteiger partial charge in [-0.25, -0.2) is 9.97 Å². The molecule has 0 atom stereocenters. The highest BCUT2D eigenvalue weighted by molar-refractivity contribution is 5.62. The summed E-state index contributed by atoms with van der Waals surface area (Å²) < 4.78 is 5.40. The van der Waals surface area contributed by atoms with Crippen LogP contribution in [0.3, 0.4) is 0 Å². The fraction of sp³-hybridized carbons (Fsp3) is 0.231. The molecule has 2 rings (SSSR count). The molecular weight excluding hydrogens is 214 g/mol. The van der Waals surface area contributed by atoms with Gasteiger partial charge in [0.1, 0.15) is 17.9 Å². The van der Waals surface area contributed by atoms with Gasteiger partial charge >= 0.3 is 0 Å². The first-order valence-electron chi connectivity index (χ1n) is 5.56. The molecule has 0 unspecified atom stereocenters. The van der Waals surface area contributed by atoms with Crippen LogP contribution in [0.15, 0.2) is 36.7 Å². The quantitative estimate of drug-likeness (QED) is 0.875. The van der Waals surface area contributed by atoms with Crippen molar-refractivity contribution >= 4 is 5.82 Å². The zero-order valence-corrected chi connectivity index (χ0v) is 9.97. The van der Waals surface area contributed by atoms with E-state index in [1.54, 1.807) is 6.33 Å². The molecule has 1 aromatic heterocycles. The molecule has 4 heteroatoms. The lowest BCUT2D eigenvalue weighted by molar-refractivity contribution is 0.340. The minimum atomic E-state index is 0.677. The highest BCUT2D eigenvalue weighted by atomic mass is 16.5. The first-order chi connectivity index (χ1) is 8.33. The van der Waals surface area contributed by atoms with Gasteiger partial charge in [-0.1, -0.05) is 0 Å². The average molecular weight is 229 g/mol. The Bertz CT molecular complexity index is 482. The minimum Gasteiger partial charge on any atom is -0.494 e. The van der Waals surface area contributed by atoms with E-state index in [2.05, 4.69) is 15.3 Å². The van der Waals surface area contributed by atoms with Crippen LogP contribution >= 0.6 is 0 Å². The van der Waals surface area contributed by atoms with Crippen LogP contribution in [0.25, 0.3) is 11.3 Å². The summed E-state index contributed by atoms with van der Waals surface area (Å²) in [7, 11) is 1.84. The number of nitrogens with zero attached hydrogens (tertiary/aromatic N) is 2. The number of nitrogens with one attached hydrogen (secondary N) is 1. The van der Waals surface area contributed by atoms with Gasteiger partial charge in [-0.3, -0.25) is 0 Å². The van der Waals surface area contributed by atoms with Crippen LogP contribution in [-0.4, -0.2) is 23.6 Å². The van der Waals surface area contributed by atoms with Gasteiger partial charge in [-0.15, -0.1) is 0 Å². The molecule has 0 aliphatic carbocycles. The number of benzene rings is 1. The second-order valence-corrected chi connectivity index (χ2v) is 3.50. The Morgan fingerprint density at radius 3 is 2.59 bits per heavy atom. The van der Waals surface area contributed by atoms with Gasteiger partial charge < -0.3 is 10.1 Å². The molecule has 0 fully saturated rings. The monoisotopic (exact) mass is 229 g/mol. The van der Waals surface area contributed by atoms with E-state index in [4.69, 9.17) is 4.74 Å². The van der Waals surface area contributed by atoms with Crippen molar-refractivity contribution in [3.05, 3.63) is 36.7 Å². The molecule has 17 heavy (non-hydrogen) atoms. The molecule has 1 heterocycles. The lowest BCUT2D eigenvalue weighted by atomic mass is 10.1. The molecule has 1 N–H and O–H groups in total. The third-order valence-corrected chi connectivity index (χ3v) is 2.38. The number of hydrogen-bond acceptors (Lipinski definition) is 4. The Morgan fingerprint density at radius 2 is 1.94 bits per heavy atom. The topological polar surface area (TPSA) is 47.0 Å². The Labute approximate surface area is 101 Å². The van der Waals surface area contributed by atoms with Crippen molar-refractivity contribution in [3.8, 4) is 17.0 Å². The summed E-state index contributed by atoms with van der Waals surface area (Å²) in [6.45, 7) is 2.65. The maximum absolute atomic E-state index is 5.40. The van der Waals surface area contributed by atoms with E-state index in [-0.39, 0.29) is 0 Å². The van der Waals surface area contributed by atoms with Crippen molar-refractivity contribution < 1.29 is 4.74 Å². The van der Waals surface area contributed by atoms with E-state index in [1.165, 1.54) is 0 Å². The van der Waals surface area contributed by atoms with Crippen molar-refractivity contribution in [2.24, 2.45) is 0 Å². The molecule has 88 valence electrons. The SMILES string of the molecule is CCOc1ccc(-c2cc(NC)ncn2)cc1. The highest BCUT2D eigenvalue weighted by Crippen LogP contribution is 2.21. The second kappa shape index (κ2) is 5.30. The summed E-state index contributed by atoms with van der Waals surface area (Å²) in [4.78, 5) is 8.32. The number of hydrogen-bond donors (Lipinski definition) is 1. The number of anilines is 1. The summed E-state index contributed by atoms with van der Waals surface area (Å²) in [5.41, 5.74) is 1.94. The Hall–Kier alpha value is -2.10. The number of rotatable bonds is 4. The Balaban J connectivity index is 2.26. The summed E-state index contributed by atoms with van der Waals surface area (Å²) in [6, 6.07) is 9.79. The summed E-state index contributed by atoms with van der Waals surface area (Å²) in [5, 5.41) is 2.99. The fourth-order valence-corrected chi connectivity index (χ4v) is 1.54. The standard InChI is InChI=1S/C13H15N3O/c1-3-17-11-6-4-10(5-7-11)12-8-13(14-2)16-9-15-12/h4-9H,3H2,1-2H3,(H,14,15,16). The van der Waals surface area contributed by atoms with E-state index >= 15 is 0 Å². The van der Waals surface area contributed by atoms with Crippen LogP contribution in [0.2, 0.25) is 0 Å². The molecule has 0 radical (unpaired) electrons. The zero-order valence-electron chi connectivity index (χ0n) is 9.97. The van der Waals surface area contributed by atoms with Crippen molar-refractivity contribution in [2.45, 2.75) is 6.92 Å². The lowest BCUT2D eigenvalue weighted by Gasteiger charge is -2.05. The van der Waals surface area contributed by atoms with E-state index in [1.807, 2.05) is 44.3 Å². The number of aromatic nitrogens is 2. The predicted molar refractivity (Wildman–Crippen MR) is 68.2 cm³/mol. The summed E-state index contributed by atoms with van der Waals surface area (Å²) in [5.74, 6) is 1.68.